The van der Waals surface area contributed by atoms with E-state index in [1.54, 1.807) is 13.3 Å². The molecule has 2 aromatic rings. The zero-order valence-electron chi connectivity index (χ0n) is 11.7. The van der Waals surface area contributed by atoms with E-state index in [1.807, 2.05) is 17.5 Å². The van der Waals surface area contributed by atoms with Crippen LogP contribution in [0.1, 0.15) is 26.1 Å². The molecule has 0 bridgehead atoms. The minimum absolute atomic E-state index is 0.0956. The highest BCUT2D eigenvalue weighted by Crippen LogP contribution is 2.44. The predicted molar refractivity (Wildman–Crippen MR) is 72.1 cm³/mol. The Kier molecular flexibility index (Phi) is 2.70. The molecule has 0 spiro atoms. The maximum Gasteiger partial charge on any atom is 0.203 e. The van der Waals surface area contributed by atoms with Crippen molar-refractivity contribution in [3.05, 3.63) is 18.2 Å². The largest absolute Gasteiger partial charge is 0.381 e. The average Bonchev–Trinajstić information content (AvgIpc) is 2.77. The molecule has 6 nitrogen and oxygen atoms in total. The van der Waals surface area contributed by atoms with Gasteiger partial charge in [-0.25, -0.2) is 4.98 Å². The average molecular weight is 261 g/mol. The topological polar surface area (TPSA) is 64.3 Å². The number of anilines is 1. The molecule has 1 fully saturated rings. The van der Waals surface area contributed by atoms with Gasteiger partial charge in [0, 0.05) is 31.0 Å². The predicted octanol–water partition coefficient (Wildman–Crippen LogP) is 1.66. The van der Waals surface area contributed by atoms with Crippen molar-refractivity contribution >= 4 is 11.5 Å². The molecule has 0 saturated heterocycles. The lowest BCUT2D eigenvalue weighted by atomic mass is 9.64. The van der Waals surface area contributed by atoms with E-state index in [2.05, 4.69) is 34.3 Å². The normalized spacial score (nSPS) is 25.3. The van der Waals surface area contributed by atoms with Crippen LogP contribution in [-0.4, -0.2) is 38.8 Å². The maximum atomic E-state index is 5.47. The molecule has 19 heavy (non-hydrogen) atoms. The second kappa shape index (κ2) is 4.16. The van der Waals surface area contributed by atoms with Crippen molar-refractivity contribution in [1.29, 1.82) is 0 Å². The van der Waals surface area contributed by atoms with Crippen molar-refractivity contribution in [2.75, 3.05) is 12.4 Å². The van der Waals surface area contributed by atoms with Crippen molar-refractivity contribution in [3.8, 4) is 0 Å². The number of ether oxygens (including phenoxy) is 1. The second-order valence-corrected chi connectivity index (χ2v) is 5.70. The minimum Gasteiger partial charge on any atom is -0.381 e. The molecule has 102 valence electrons. The summed E-state index contributed by atoms with van der Waals surface area (Å²) in [5.41, 5.74) is 0.870. The molecule has 1 aliphatic carbocycles. The third-order valence-corrected chi connectivity index (χ3v) is 4.27. The molecule has 2 aromatic heterocycles. The number of nitrogens with zero attached hydrogens (tertiary/aromatic N) is 4. The molecule has 0 aromatic carbocycles. The third-order valence-electron chi connectivity index (χ3n) is 4.27. The van der Waals surface area contributed by atoms with Gasteiger partial charge in [0.2, 0.25) is 5.65 Å². The molecule has 2 heterocycles. The monoisotopic (exact) mass is 261 g/mol. The van der Waals surface area contributed by atoms with E-state index >= 15 is 0 Å². The number of aromatic nitrogens is 4. The first-order chi connectivity index (χ1) is 9.04. The fourth-order valence-corrected chi connectivity index (χ4v) is 2.74. The number of methoxy groups -OCH3 is 1. The lowest BCUT2D eigenvalue weighted by Crippen LogP contribution is -2.57. The summed E-state index contributed by atoms with van der Waals surface area (Å²) in [6, 6.07) is 0.341. The highest BCUT2D eigenvalue weighted by atomic mass is 16.5. The molecular weight excluding hydrogens is 242 g/mol. The number of nitrogens with one attached hydrogen (secondary N) is 1. The summed E-state index contributed by atoms with van der Waals surface area (Å²) in [7, 11) is 1.77. The molecule has 2 atom stereocenters. The molecule has 1 N–H and O–H groups in total. The number of fused-ring (bicyclic) bond motifs is 1. The third kappa shape index (κ3) is 1.78. The van der Waals surface area contributed by atoms with Gasteiger partial charge in [-0.1, -0.05) is 13.8 Å². The number of aryl methyl sites for hydroxylation is 1. The molecule has 0 amide bonds. The van der Waals surface area contributed by atoms with E-state index < -0.39 is 0 Å². The van der Waals surface area contributed by atoms with Gasteiger partial charge >= 0.3 is 0 Å². The first-order valence-electron chi connectivity index (χ1n) is 6.49. The van der Waals surface area contributed by atoms with Crippen LogP contribution in [0.4, 0.5) is 5.82 Å². The van der Waals surface area contributed by atoms with Gasteiger partial charge in [0.25, 0.3) is 0 Å². The molecule has 1 saturated carbocycles. The molecule has 0 aliphatic heterocycles. The van der Waals surface area contributed by atoms with Crippen molar-refractivity contribution in [2.45, 2.75) is 39.3 Å². The van der Waals surface area contributed by atoms with E-state index in [0.717, 1.165) is 23.7 Å². The van der Waals surface area contributed by atoms with Crippen molar-refractivity contribution in [1.82, 2.24) is 19.6 Å². The maximum absolute atomic E-state index is 5.47. The van der Waals surface area contributed by atoms with Crippen LogP contribution in [0.3, 0.4) is 0 Å². The van der Waals surface area contributed by atoms with Crippen LogP contribution < -0.4 is 5.32 Å². The van der Waals surface area contributed by atoms with Gasteiger partial charge in [-0.05, 0) is 13.3 Å². The van der Waals surface area contributed by atoms with Gasteiger partial charge in [-0.15, -0.1) is 10.2 Å². The Morgan fingerprint density at radius 1 is 1.42 bits per heavy atom. The Hall–Kier alpha value is -1.69. The van der Waals surface area contributed by atoms with Crippen molar-refractivity contribution in [3.63, 3.8) is 0 Å². The van der Waals surface area contributed by atoms with Crippen LogP contribution in [0.2, 0.25) is 0 Å². The van der Waals surface area contributed by atoms with Gasteiger partial charge in [-0.3, -0.25) is 4.40 Å². The van der Waals surface area contributed by atoms with Crippen molar-refractivity contribution < 1.29 is 4.74 Å². The number of hydrogen-bond donors (Lipinski definition) is 1. The molecule has 0 radical (unpaired) electrons. The fourth-order valence-electron chi connectivity index (χ4n) is 2.74. The van der Waals surface area contributed by atoms with Gasteiger partial charge in [0.15, 0.2) is 5.82 Å². The van der Waals surface area contributed by atoms with Gasteiger partial charge in [0.05, 0.1) is 6.10 Å². The first-order valence-corrected chi connectivity index (χ1v) is 6.49. The van der Waals surface area contributed by atoms with Crippen LogP contribution >= 0.6 is 0 Å². The Bertz CT molecular complexity index is 606. The minimum atomic E-state index is 0.0956. The smallest absolute Gasteiger partial charge is 0.203 e. The van der Waals surface area contributed by atoms with Gasteiger partial charge in [0.1, 0.15) is 5.82 Å². The standard InChI is InChI=1S/C13H19N5O/c1-8-16-17-12-11(14-5-6-18(8)12)15-9-7-10(19-4)13(9,2)3/h5-6,9-10H,7H2,1-4H3,(H,14,15). The zero-order valence-corrected chi connectivity index (χ0v) is 11.7. The fraction of sp³-hybridized carbons (Fsp3) is 0.615. The summed E-state index contributed by atoms with van der Waals surface area (Å²) in [5.74, 6) is 1.65. The highest BCUT2D eigenvalue weighted by Gasteiger charge is 2.48. The van der Waals surface area contributed by atoms with Gasteiger partial charge in [-0.2, -0.15) is 0 Å². The Morgan fingerprint density at radius 3 is 2.89 bits per heavy atom. The van der Waals surface area contributed by atoms with Crippen LogP contribution in [-0.2, 0) is 4.74 Å². The zero-order chi connectivity index (χ0) is 13.6. The SMILES string of the molecule is COC1CC(Nc2nccn3c(C)nnc23)C1(C)C. The van der Waals surface area contributed by atoms with Crippen LogP contribution in [0, 0.1) is 12.3 Å². The summed E-state index contributed by atoms with van der Waals surface area (Å²) in [6.07, 6.45) is 4.92. The Labute approximate surface area is 112 Å². The van der Waals surface area contributed by atoms with Crippen LogP contribution in [0.25, 0.3) is 5.65 Å². The highest BCUT2D eigenvalue weighted by molar-refractivity contribution is 5.62. The van der Waals surface area contributed by atoms with Crippen LogP contribution in [0.15, 0.2) is 12.4 Å². The van der Waals surface area contributed by atoms with Gasteiger partial charge < -0.3 is 10.1 Å². The first kappa shape index (κ1) is 12.3. The van der Waals surface area contributed by atoms with E-state index in [-0.39, 0.29) is 5.41 Å². The summed E-state index contributed by atoms with van der Waals surface area (Å²) < 4.78 is 7.41. The molecule has 3 rings (SSSR count). The quantitative estimate of drug-likeness (QED) is 0.910. The summed E-state index contributed by atoms with van der Waals surface area (Å²) >= 11 is 0. The Morgan fingerprint density at radius 2 is 2.21 bits per heavy atom. The summed E-state index contributed by atoms with van der Waals surface area (Å²) in [4.78, 5) is 4.38. The number of hydrogen-bond acceptors (Lipinski definition) is 5. The summed E-state index contributed by atoms with van der Waals surface area (Å²) in [6.45, 7) is 6.34. The molecule has 2 unspecified atom stereocenters. The molecule has 1 aliphatic rings. The van der Waals surface area contributed by atoms with Crippen molar-refractivity contribution in [2.24, 2.45) is 5.41 Å². The van der Waals surface area contributed by atoms with Crippen LogP contribution in [0.5, 0.6) is 0 Å². The number of rotatable bonds is 3. The molecular formula is C13H19N5O. The Balaban J connectivity index is 1.87. The van der Waals surface area contributed by atoms with E-state index in [0.29, 0.717) is 12.1 Å². The summed E-state index contributed by atoms with van der Waals surface area (Å²) in [5, 5.41) is 11.7. The molecule has 6 heteroatoms. The van der Waals surface area contributed by atoms with E-state index in [1.165, 1.54) is 0 Å². The lowest BCUT2D eigenvalue weighted by Gasteiger charge is -2.51. The lowest BCUT2D eigenvalue weighted by molar-refractivity contribution is -0.0795. The van der Waals surface area contributed by atoms with E-state index in [9.17, 15) is 0 Å². The second-order valence-electron chi connectivity index (χ2n) is 5.70. The van der Waals surface area contributed by atoms with E-state index in [4.69, 9.17) is 4.74 Å².